The van der Waals surface area contributed by atoms with Gasteiger partial charge in [0.15, 0.2) is 0 Å². The maximum atomic E-state index is 6.74. The summed E-state index contributed by atoms with van der Waals surface area (Å²) in [5.74, 6) is 0.925. The molecule has 3 rings (SSSR count). The smallest absolute Gasteiger partial charge is 0.142 e. The van der Waals surface area contributed by atoms with Gasteiger partial charge in [0.05, 0.1) is 38.7 Å². The predicted octanol–water partition coefficient (Wildman–Crippen LogP) is 8.56. The number of aryl methyl sites for hydroxylation is 3. The van der Waals surface area contributed by atoms with Crippen molar-refractivity contribution < 1.29 is 23.7 Å². The summed E-state index contributed by atoms with van der Waals surface area (Å²) in [6.45, 7) is 22.3. The highest BCUT2D eigenvalue weighted by Gasteiger charge is 2.17. The second-order valence-electron chi connectivity index (χ2n) is 13.6. The summed E-state index contributed by atoms with van der Waals surface area (Å²) in [6.07, 6.45) is 13.5. The Bertz CT molecular complexity index is 1360. The summed E-state index contributed by atoms with van der Waals surface area (Å²) >= 11 is 0. The zero-order valence-electron chi connectivity index (χ0n) is 33.4. The number of unbranched alkanes of at least 4 members (excludes halogenated alkanes) is 2. The maximum absolute atomic E-state index is 6.74. The monoisotopic (exact) mass is 720 g/mol. The van der Waals surface area contributed by atoms with Crippen LogP contribution in [0.1, 0.15) is 69.1 Å². The van der Waals surface area contributed by atoms with E-state index in [1.54, 1.807) is 7.11 Å². The van der Waals surface area contributed by atoms with Crippen molar-refractivity contribution >= 4 is 11.4 Å². The third-order valence-corrected chi connectivity index (χ3v) is 9.49. The topological polar surface area (TPSA) is 55.9 Å². The number of rotatable bonds is 14. The van der Waals surface area contributed by atoms with Crippen molar-refractivity contribution in [2.75, 3.05) is 110 Å². The highest BCUT2D eigenvalue weighted by molar-refractivity contribution is 5.60. The van der Waals surface area contributed by atoms with E-state index >= 15 is 0 Å². The molecular formula is C44H69N3O5. The van der Waals surface area contributed by atoms with Crippen LogP contribution in [0.5, 0.6) is 5.75 Å². The number of hydrogen-bond donors (Lipinski definition) is 0. The average Bonchev–Trinajstić information content (AvgIpc) is 3.13. The molecule has 52 heavy (non-hydrogen) atoms. The normalized spacial score (nSPS) is 16.5. The number of anilines is 2. The molecule has 1 heterocycles. The van der Waals surface area contributed by atoms with Gasteiger partial charge in [-0.2, -0.15) is 0 Å². The lowest BCUT2D eigenvalue weighted by atomic mass is 10.0. The Balaban J connectivity index is 1.93. The van der Waals surface area contributed by atoms with Gasteiger partial charge in [-0.1, -0.05) is 42.5 Å². The first-order valence-corrected chi connectivity index (χ1v) is 19.7. The van der Waals surface area contributed by atoms with Crippen LogP contribution in [0, 0.1) is 13.8 Å². The van der Waals surface area contributed by atoms with Crippen LogP contribution in [0.2, 0.25) is 0 Å². The van der Waals surface area contributed by atoms with Crippen molar-refractivity contribution in [3.63, 3.8) is 0 Å². The van der Waals surface area contributed by atoms with Crippen LogP contribution in [0.3, 0.4) is 0 Å². The molecule has 0 N–H and O–H groups in total. The van der Waals surface area contributed by atoms with Crippen molar-refractivity contribution in [1.29, 1.82) is 0 Å². The lowest BCUT2D eigenvalue weighted by Gasteiger charge is -2.30. The van der Waals surface area contributed by atoms with Crippen molar-refractivity contribution in [3.8, 4) is 5.75 Å². The fourth-order valence-electron chi connectivity index (χ4n) is 6.73. The fourth-order valence-corrected chi connectivity index (χ4v) is 6.73. The third kappa shape index (κ3) is 15.4. The Labute approximate surface area is 316 Å². The standard InChI is InChI=1S/C44H69N3O5/c1-8-16-39(18-15-28-48-7)41(9-2)46-24-14-17-40-35-37(4)19-21-42(40)45(6)25-30-50-33-34-51-31-26-47(23-12-11-13-29-49-10-3)43-22-20-38(5)36-44(43)52-32-27-46/h8-9,16,19-22,35-36H,2,10-15,17-18,23-34H2,1,3-7H3/b16-8-,41-39-. The zero-order chi connectivity index (χ0) is 37.4. The SMILES string of the molecule is C=C/C(=C(\C=C/C)CCCOC)N1CCCc2cc(C)ccc2N(C)CCOCCOCCN(CCCCCOCC)c2ccc(C)cc2OCC1. The van der Waals surface area contributed by atoms with Crippen LogP contribution in [0.4, 0.5) is 11.4 Å². The van der Waals surface area contributed by atoms with Crippen LogP contribution in [0.15, 0.2) is 72.5 Å². The third-order valence-electron chi connectivity index (χ3n) is 9.49. The number of ether oxygens (including phenoxy) is 5. The molecule has 8 nitrogen and oxygen atoms in total. The Hall–Kier alpha value is -3.30. The summed E-state index contributed by atoms with van der Waals surface area (Å²) < 4.78 is 29.9. The second-order valence-corrected chi connectivity index (χ2v) is 13.6. The molecule has 1 aliphatic rings. The first-order chi connectivity index (χ1) is 25.4. The van der Waals surface area contributed by atoms with E-state index in [-0.39, 0.29) is 0 Å². The average molecular weight is 720 g/mol. The van der Waals surface area contributed by atoms with Gasteiger partial charge in [0, 0.05) is 71.5 Å². The molecule has 0 unspecified atom stereocenters. The van der Waals surface area contributed by atoms with Crippen LogP contribution < -0.4 is 14.5 Å². The molecule has 1 aliphatic heterocycles. The molecule has 0 fully saturated rings. The maximum Gasteiger partial charge on any atom is 0.142 e. The van der Waals surface area contributed by atoms with Gasteiger partial charge in [-0.3, -0.25) is 0 Å². The first kappa shape index (κ1) is 43.1. The summed E-state index contributed by atoms with van der Waals surface area (Å²) in [5.41, 5.74) is 8.68. The van der Waals surface area contributed by atoms with Gasteiger partial charge in [0.1, 0.15) is 12.4 Å². The molecule has 0 bridgehead atoms. The van der Waals surface area contributed by atoms with Crippen molar-refractivity contribution in [1.82, 2.24) is 4.90 Å². The number of hydrogen-bond acceptors (Lipinski definition) is 8. The molecule has 0 atom stereocenters. The van der Waals surface area contributed by atoms with Gasteiger partial charge in [0.2, 0.25) is 0 Å². The minimum Gasteiger partial charge on any atom is -0.490 e. The van der Waals surface area contributed by atoms with E-state index in [0.717, 1.165) is 109 Å². The lowest BCUT2D eigenvalue weighted by molar-refractivity contribution is 0.0531. The molecule has 0 spiro atoms. The number of methoxy groups -OCH3 is 1. The Kier molecular flexibility index (Phi) is 21.3. The number of nitrogens with zero attached hydrogens (tertiary/aromatic N) is 3. The fraction of sp³-hybridized carbons (Fsp3) is 0.591. The van der Waals surface area contributed by atoms with Crippen LogP contribution in [0.25, 0.3) is 0 Å². The van der Waals surface area contributed by atoms with E-state index < -0.39 is 0 Å². The van der Waals surface area contributed by atoms with Gasteiger partial charge >= 0.3 is 0 Å². The van der Waals surface area contributed by atoms with E-state index in [4.69, 9.17) is 23.7 Å². The first-order valence-electron chi connectivity index (χ1n) is 19.7. The number of allylic oxidation sites excluding steroid dienone is 4. The van der Waals surface area contributed by atoms with Crippen molar-refractivity contribution in [2.24, 2.45) is 0 Å². The molecule has 0 saturated heterocycles. The van der Waals surface area contributed by atoms with E-state index in [2.05, 4.69) is 105 Å². The van der Waals surface area contributed by atoms with E-state index in [9.17, 15) is 0 Å². The Morgan fingerprint density at radius 2 is 1.60 bits per heavy atom. The molecule has 2 aromatic rings. The largest absolute Gasteiger partial charge is 0.490 e. The van der Waals surface area contributed by atoms with Gasteiger partial charge in [-0.25, -0.2) is 0 Å². The molecule has 0 aromatic heterocycles. The number of benzene rings is 2. The molecule has 2 aromatic carbocycles. The highest BCUT2D eigenvalue weighted by Crippen LogP contribution is 2.31. The predicted molar refractivity (Wildman–Crippen MR) is 218 cm³/mol. The molecular weight excluding hydrogens is 651 g/mol. The Morgan fingerprint density at radius 1 is 0.846 bits per heavy atom. The Morgan fingerprint density at radius 3 is 2.33 bits per heavy atom. The number of fused-ring (bicyclic) bond motifs is 2. The van der Waals surface area contributed by atoms with E-state index in [1.807, 2.05) is 6.08 Å². The van der Waals surface area contributed by atoms with Gasteiger partial charge in [-0.15, -0.1) is 0 Å². The molecule has 0 radical (unpaired) electrons. The van der Waals surface area contributed by atoms with E-state index in [1.165, 1.54) is 33.6 Å². The molecule has 0 amide bonds. The van der Waals surface area contributed by atoms with Crippen LogP contribution >= 0.6 is 0 Å². The molecule has 0 saturated carbocycles. The van der Waals surface area contributed by atoms with Gasteiger partial charge in [-0.05, 0) is 114 Å². The molecule has 8 heteroatoms. The summed E-state index contributed by atoms with van der Waals surface area (Å²) in [4.78, 5) is 7.23. The van der Waals surface area contributed by atoms with Gasteiger partial charge < -0.3 is 38.4 Å². The lowest BCUT2D eigenvalue weighted by Crippen LogP contribution is -2.31. The summed E-state index contributed by atoms with van der Waals surface area (Å²) in [7, 11) is 3.94. The van der Waals surface area contributed by atoms with E-state index in [0.29, 0.717) is 33.0 Å². The van der Waals surface area contributed by atoms with Crippen LogP contribution in [-0.4, -0.2) is 105 Å². The minimum atomic E-state index is 0.559. The second kappa shape index (κ2) is 25.6. The molecule has 0 aliphatic carbocycles. The molecule has 290 valence electrons. The van der Waals surface area contributed by atoms with Crippen LogP contribution in [-0.2, 0) is 25.4 Å². The van der Waals surface area contributed by atoms with Gasteiger partial charge in [0.25, 0.3) is 0 Å². The van der Waals surface area contributed by atoms with Crippen molar-refractivity contribution in [2.45, 2.75) is 72.6 Å². The summed E-state index contributed by atoms with van der Waals surface area (Å²) in [6, 6.07) is 13.4. The number of likely N-dealkylation sites (N-methyl/N-ethyl adjacent to an activating group) is 1. The summed E-state index contributed by atoms with van der Waals surface area (Å²) in [5, 5.41) is 0. The minimum absolute atomic E-state index is 0.559. The zero-order valence-corrected chi connectivity index (χ0v) is 33.4. The highest BCUT2D eigenvalue weighted by atomic mass is 16.5. The van der Waals surface area contributed by atoms with Crippen molar-refractivity contribution in [3.05, 3.63) is 89.2 Å². The quantitative estimate of drug-likeness (QED) is 0.142.